The van der Waals surface area contributed by atoms with E-state index in [-0.39, 0.29) is 5.56 Å². The standard InChI is InChI=1S/C10H12AsFNO3S/c1-6-3-7(4-10(13)14)9(12)5-8(6)11-17(2,15)16/h3-5,11H,1-2H3,(H2,13,14). The van der Waals surface area contributed by atoms with E-state index in [1.165, 1.54) is 12.1 Å². The number of amides is 1. The van der Waals surface area contributed by atoms with E-state index < -0.39 is 34.4 Å². The summed E-state index contributed by atoms with van der Waals surface area (Å²) in [6, 6.07) is 2.61. The molecule has 2 N–H and O–H groups in total. The maximum absolute atomic E-state index is 13.6. The van der Waals surface area contributed by atoms with Crippen molar-refractivity contribution < 1.29 is 17.6 Å². The first kappa shape index (κ1) is 14.2. The molecule has 0 fully saturated rings. The second-order valence-electron chi connectivity index (χ2n) is 3.61. The number of hydrogen-bond donors (Lipinski definition) is 1. The Hall–Kier alpha value is -0.872. The number of halogens is 1. The van der Waals surface area contributed by atoms with Crippen molar-refractivity contribution in [1.29, 1.82) is 0 Å². The van der Waals surface area contributed by atoms with Gasteiger partial charge in [0.2, 0.25) is 0 Å². The van der Waals surface area contributed by atoms with Gasteiger partial charge in [-0.1, -0.05) is 0 Å². The van der Waals surface area contributed by atoms with Crippen LogP contribution < -0.4 is 10.1 Å². The molecule has 7 heteroatoms. The van der Waals surface area contributed by atoms with Gasteiger partial charge in [0.25, 0.3) is 0 Å². The fourth-order valence-corrected chi connectivity index (χ4v) is 6.21. The SMILES string of the molecule is Cc1cc([CH]C(N)=O)c(F)cc1[AsH]S(C)(=O)=O. The number of nitrogens with two attached hydrogens (primary N) is 1. The number of carbonyl (C=O) groups excluding carboxylic acids is 1. The van der Waals surface area contributed by atoms with Crippen LogP contribution in [0.3, 0.4) is 0 Å². The summed E-state index contributed by atoms with van der Waals surface area (Å²) in [4.78, 5) is 10.7. The van der Waals surface area contributed by atoms with Crippen molar-refractivity contribution in [3.63, 3.8) is 0 Å². The zero-order valence-electron chi connectivity index (χ0n) is 9.32. The Bertz CT molecular complexity index is 557. The zero-order chi connectivity index (χ0) is 13.2. The summed E-state index contributed by atoms with van der Waals surface area (Å²) in [5, 5.41) is 0. The first-order valence-electron chi connectivity index (χ1n) is 4.61. The quantitative estimate of drug-likeness (QED) is 0.738. The molecule has 0 heterocycles. The van der Waals surface area contributed by atoms with Crippen LogP contribution in [0.2, 0.25) is 0 Å². The van der Waals surface area contributed by atoms with Crippen molar-refractivity contribution in [2.75, 3.05) is 6.26 Å². The van der Waals surface area contributed by atoms with Crippen LogP contribution >= 0.6 is 0 Å². The molecule has 0 saturated heterocycles. The third kappa shape index (κ3) is 4.48. The monoisotopic (exact) mass is 320 g/mol. The molecule has 4 nitrogen and oxygen atoms in total. The average Bonchev–Trinajstić information content (AvgIpc) is 2.10. The van der Waals surface area contributed by atoms with Crippen LogP contribution in [-0.2, 0) is 12.9 Å². The first-order valence-corrected chi connectivity index (χ1v) is 10.1. The molecule has 1 radical (unpaired) electrons. The van der Waals surface area contributed by atoms with Gasteiger partial charge >= 0.3 is 105 Å². The second-order valence-corrected chi connectivity index (χ2v) is 12.4. The number of aryl methyl sites for hydroxylation is 1. The molecule has 1 aromatic rings. The molecule has 1 rings (SSSR count). The zero-order valence-corrected chi connectivity index (χ0v) is 12.2. The molecule has 1 atom stereocenters. The van der Waals surface area contributed by atoms with Crippen LogP contribution in [0.15, 0.2) is 12.1 Å². The molecule has 0 aliphatic rings. The normalized spacial score (nSPS) is 12.2. The van der Waals surface area contributed by atoms with E-state index in [1.54, 1.807) is 6.92 Å². The molecule has 0 bridgehead atoms. The van der Waals surface area contributed by atoms with E-state index in [2.05, 4.69) is 0 Å². The Morgan fingerprint density at radius 1 is 1.47 bits per heavy atom. The summed E-state index contributed by atoms with van der Waals surface area (Å²) in [6.07, 6.45) is 2.11. The van der Waals surface area contributed by atoms with Gasteiger partial charge in [0.1, 0.15) is 0 Å². The van der Waals surface area contributed by atoms with E-state index in [0.29, 0.717) is 9.91 Å². The summed E-state index contributed by atoms with van der Waals surface area (Å²) in [5.74, 6) is -1.37. The van der Waals surface area contributed by atoms with Gasteiger partial charge in [-0.2, -0.15) is 0 Å². The number of carbonyl (C=O) groups is 1. The van der Waals surface area contributed by atoms with Crippen LogP contribution in [0.1, 0.15) is 11.1 Å². The molecule has 0 aromatic heterocycles. The Morgan fingerprint density at radius 2 is 2.06 bits per heavy atom. The van der Waals surface area contributed by atoms with Gasteiger partial charge in [0.05, 0.1) is 0 Å². The van der Waals surface area contributed by atoms with Gasteiger partial charge in [0, 0.05) is 0 Å². The van der Waals surface area contributed by atoms with Crippen LogP contribution in [0.25, 0.3) is 0 Å². The average molecular weight is 320 g/mol. The van der Waals surface area contributed by atoms with Gasteiger partial charge in [-0.3, -0.25) is 0 Å². The minimum atomic E-state index is -3.10. The Morgan fingerprint density at radius 3 is 2.53 bits per heavy atom. The van der Waals surface area contributed by atoms with Crippen LogP contribution in [0.4, 0.5) is 4.39 Å². The molecule has 1 amide bonds. The fourth-order valence-electron chi connectivity index (χ4n) is 1.28. The van der Waals surface area contributed by atoms with E-state index >= 15 is 0 Å². The van der Waals surface area contributed by atoms with Crippen molar-refractivity contribution in [1.82, 2.24) is 0 Å². The number of benzene rings is 1. The predicted molar refractivity (Wildman–Crippen MR) is 65.4 cm³/mol. The van der Waals surface area contributed by atoms with Crippen molar-refractivity contribution >= 4 is 33.0 Å². The maximum atomic E-state index is 13.6. The molecule has 0 spiro atoms. The van der Waals surface area contributed by atoms with Crippen LogP contribution in [0, 0.1) is 19.2 Å². The van der Waals surface area contributed by atoms with E-state index in [1.807, 2.05) is 0 Å². The summed E-state index contributed by atoms with van der Waals surface area (Å²) in [6.45, 7) is 1.68. The van der Waals surface area contributed by atoms with E-state index in [0.717, 1.165) is 12.7 Å². The summed E-state index contributed by atoms with van der Waals surface area (Å²) >= 11 is -1.43. The van der Waals surface area contributed by atoms with E-state index in [9.17, 15) is 17.6 Å². The summed E-state index contributed by atoms with van der Waals surface area (Å²) in [5.41, 5.74) is 5.67. The minimum absolute atomic E-state index is 0.0823. The van der Waals surface area contributed by atoms with Gasteiger partial charge in [-0.15, -0.1) is 0 Å². The Kier molecular flexibility index (Phi) is 4.33. The van der Waals surface area contributed by atoms with Crippen molar-refractivity contribution in [3.05, 3.63) is 35.5 Å². The third-order valence-corrected chi connectivity index (χ3v) is 7.38. The third-order valence-electron chi connectivity index (χ3n) is 1.94. The molecule has 1 aromatic carbocycles. The van der Waals surface area contributed by atoms with Gasteiger partial charge in [-0.05, 0) is 0 Å². The fraction of sp³-hybridized carbons (Fsp3) is 0.200. The Labute approximate surface area is 105 Å². The molecule has 0 saturated carbocycles. The van der Waals surface area contributed by atoms with Crippen LogP contribution in [-0.4, -0.2) is 35.2 Å². The van der Waals surface area contributed by atoms with Gasteiger partial charge in [0.15, 0.2) is 0 Å². The molecular weight excluding hydrogens is 308 g/mol. The van der Waals surface area contributed by atoms with Crippen LogP contribution in [0.5, 0.6) is 0 Å². The van der Waals surface area contributed by atoms with Crippen molar-refractivity contribution in [3.8, 4) is 0 Å². The number of rotatable bonds is 4. The Balaban J connectivity index is 3.13. The summed E-state index contributed by atoms with van der Waals surface area (Å²) < 4.78 is 36.4. The van der Waals surface area contributed by atoms with Crippen molar-refractivity contribution in [2.24, 2.45) is 5.73 Å². The molecule has 0 aliphatic carbocycles. The number of hydrogen-bond acceptors (Lipinski definition) is 3. The van der Waals surface area contributed by atoms with E-state index in [4.69, 9.17) is 5.73 Å². The molecule has 1 unspecified atom stereocenters. The molecular formula is C10H12AsFNO3S. The molecule has 17 heavy (non-hydrogen) atoms. The first-order chi connectivity index (χ1) is 7.69. The second kappa shape index (κ2) is 5.19. The van der Waals surface area contributed by atoms with Crippen molar-refractivity contribution in [2.45, 2.75) is 6.92 Å². The van der Waals surface area contributed by atoms with Gasteiger partial charge < -0.3 is 0 Å². The molecule has 93 valence electrons. The topological polar surface area (TPSA) is 77.2 Å². The van der Waals surface area contributed by atoms with Gasteiger partial charge in [-0.25, -0.2) is 0 Å². The summed E-state index contributed by atoms with van der Waals surface area (Å²) in [7, 11) is -3.10. The molecule has 0 aliphatic heterocycles. The number of primary amides is 1. The predicted octanol–water partition coefficient (Wildman–Crippen LogP) is -0.807.